The molecule has 0 N–H and O–H groups in total. The normalized spacial score (nSPS) is 10.0. The SMILES string of the molecule is COc1cc(C)[n+]([O-])c(C)c1Br. The van der Waals surface area contributed by atoms with Crippen molar-refractivity contribution in [3.8, 4) is 5.75 Å². The number of halogens is 1. The molecule has 12 heavy (non-hydrogen) atoms. The van der Waals surface area contributed by atoms with E-state index in [-0.39, 0.29) is 0 Å². The van der Waals surface area contributed by atoms with Gasteiger partial charge in [-0.25, -0.2) is 0 Å². The molecular formula is C8H10BrNO2. The second-order valence-electron chi connectivity index (χ2n) is 2.55. The maximum atomic E-state index is 11.3. The quantitative estimate of drug-likeness (QED) is 0.545. The average Bonchev–Trinajstić information content (AvgIpc) is 2.08. The molecule has 66 valence electrons. The lowest BCUT2D eigenvalue weighted by atomic mass is 10.3. The standard InChI is InChI=1S/C8H10BrNO2/c1-5-4-7(12-3)8(9)6(2)10(5)11/h4H,1-3H3. The Morgan fingerprint density at radius 2 is 2.08 bits per heavy atom. The summed E-state index contributed by atoms with van der Waals surface area (Å²) >= 11 is 3.28. The van der Waals surface area contributed by atoms with Crippen molar-refractivity contribution in [1.29, 1.82) is 0 Å². The summed E-state index contributed by atoms with van der Waals surface area (Å²) in [5.74, 6) is 0.692. The summed E-state index contributed by atoms with van der Waals surface area (Å²) in [5, 5.41) is 11.3. The van der Waals surface area contributed by atoms with Gasteiger partial charge in [0.2, 0.25) is 5.69 Å². The molecule has 0 spiro atoms. The summed E-state index contributed by atoms with van der Waals surface area (Å²) < 4.78 is 6.64. The summed E-state index contributed by atoms with van der Waals surface area (Å²) in [6, 6.07) is 1.70. The van der Waals surface area contributed by atoms with Crippen LogP contribution in [0.2, 0.25) is 0 Å². The van der Waals surface area contributed by atoms with E-state index in [1.54, 1.807) is 27.0 Å². The molecule has 0 radical (unpaired) electrons. The van der Waals surface area contributed by atoms with Crippen LogP contribution in [0.25, 0.3) is 0 Å². The first-order valence-electron chi connectivity index (χ1n) is 3.51. The van der Waals surface area contributed by atoms with Gasteiger partial charge in [0.1, 0.15) is 10.2 Å². The lowest BCUT2D eigenvalue weighted by Gasteiger charge is -2.08. The van der Waals surface area contributed by atoms with Crippen molar-refractivity contribution in [3.63, 3.8) is 0 Å². The Kier molecular flexibility index (Phi) is 2.57. The second kappa shape index (κ2) is 3.31. The first-order chi connectivity index (χ1) is 5.57. The van der Waals surface area contributed by atoms with Gasteiger partial charge in [-0.05, 0) is 15.9 Å². The predicted octanol–water partition coefficient (Wildman–Crippen LogP) is 1.71. The second-order valence-corrected chi connectivity index (χ2v) is 3.34. The van der Waals surface area contributed by atoms with Gasteiger partial charge in [-0.3, -0.25) is 0 Å². The van der Waals surface area contributed by atoms with E-state index in [4.69, 9.17) is 4.74 Å². The van der Waals surface area contributed by atoms with Gasteiger partial charge in [-0.1, -0.05) is 0 Å². The monoisotopic (exact) mass is 231 g/mol. The van der Waals surface area contributed by atoms with Crippen LogP contribution in [0.3, 0.4) is 0 Å². The smallest absolute Gasteiger partial charge is 0.207 e. The van der Waals surface area contributed by atoms with Crippen LogP contribution in [0.15, 0.2) is 10.5 Å². The number of rotatable bonds is 1. The maximum absolute atomic E-state index is 11.3. The number of hydrogen-bond acceptors (Lipinski definition) is 2. The van der Waals surface area contributed by atoms with Gasteiger partial charge in [0.05, 0.1) is 7.11 Å². The fourth-order valence-corrected chi connectivity index (χ4v) is 1.43. The first kappa shape index (κ1) is 9.32. The van der Waals surface area contributed by atoms with Crippen LogP contribution in [-0.4, -0.2) is 7.11 Å². The Labute approximate surface area is 79.7 Å². The predicted molar refractivity (Wildman–Crippen MR) is 49.1 cm³/mol. The van der Waals surface area contributed by atoms with E-state index in [9.17, 15) is 5.21 Å². The van der Waals surface area contributed by atoms with Crippen molar-refractivity contribution in [2.24, 2.45) is 0 Å². The van der Waals surface area contributed by atoms with Crippen molar-refractivity contribution < 1.29 is 9.47 Å². The van der Waals surface area contributed by atoms with Crippen LogP contribution >= 0.6 is 15.9 Å². The van der Waals surface area contributed by atoms with Gasteiger partial charge in [-0.2, -0.15) is 4.73 Å². The molecule has 0 unspecified atom stereocenters. The van der Waals surface area contributed by atoms with E-state index >= 15 is 0 Å². The molecule has 0 amide bonds. The molecule has 1 rings (SSSR count). The third-order valence-electron chi connectivity index (χ3n) is 1.72. The largest absolute Gasteiger partial charge is 0.618 e. The number of pyridine rings is 1. The lowest BCUT2D eigenvalue weighted by molar-refractivity contribution is -0.619. The third kappa shape index (κ3) is 1.39. The van der Waals surface area contributed by atoms with E-state index in [0.29, 0.717) is 21.6 Å². The molecule has 0 aliphatic heterocycles. The molecule has 0 saturated carbocycles. The summed E-state index contributed by atoms with van der Waals surface area (Å²) in [7, 11) is 1.58. The maximum Gasteiger partial charge on any atom is 0.207 e. The topological polar surface area (TPSA) is 36.2 Å². The van der Waals surface area contributed by atoms with Crippen LogP contribution < -0.4 is 9.47 Å². The van der Waals surface area contributed by atoms with Crippen molar-refractivity contribution >= 4 is 15.9 Å². The van der Waals surface area contributed by atoms with E-state index in [0.717, 1.165) is 4.73 Å². The van der Waals surface area contributed by atoms with E-state index < -0.39 is 0 Å². The van der Waals surface area contributed by atoms with Gasteiger partial charge >= 0.3 is 0 Å². The van der Waals surface area contributed by atoms with Crippen LogP contribution in [0.4, 0.5) is 0 Å². The summed E-state index contributed by atoms with van der Waals surface area (Å²) in [4.78, 5) is 0. The fourth-order valence-electron chi connectivity index (χ4n) is 0.992. The Bertz CT molecular complexity index is 312. The molecular weight excluding hydrogens is 222 g/mol. The molecule has 4 heteroatoms. The number of ether oxygens (including phenoxy) is 1. The number of hydrogen-bond donors (Lipinski definition) is 0. The van der Waals surface area contributed by atoms with Crippen LogP contribution in [0.1, 0.15) is 11.4 Å². The first-order valence-corrected chi connectivity index (χ1v) is 4.30. The van der Waals surface area contributed by atoms with Gasteiger partial charge in [-0.15, -0.1) is 0 Å². The van der Waals surface area contributed by atoms with Gasteiger partial charge in [0.15, 0.2) is 5.69 Å². The minimum absolute atomic E-state index is 0.617. The molecule has 0 fully saturated rings. The van der Waals surface area contributed by atoms with Crippen LogP contribution in [0, 0.1) is 19.1 Å². The van der Waals surface area contributed by atoms with E-state index in [2.05, 4.69) is 15.9 Å². The molecule has 1 aromatic heterocycles. The molecule has 0 aliphatic rings. The Morgan fingerprint density at radius 3 is 2.58 bits per heavy atom. The highest BCUT2D eigenvalue weighted by Gasteiger charge is 2.13. The molecule has 3 nitrogen and oxygen atoms in total. The van der Waals surface area contributed by atoms with Gasteiger partial charge < -0.3 is 9.94 Å². The van der Waals surface area contributed by atoms with Crippen molar-refractivity contribution in [2.75, 3.05) is 7.11 Å². The third-order valence-corrected chi connectivity index (χ3v) is 2.68. The molecule has 0 atom stereocenters. The number of methoxy groups -OCH3 is 1. The minimum Gasteiger partial charge on any atom is -0.618 e. The number of aryl methyl sites for hydroxylation is 1. The summed E-state index contributed by atoms with van der Waals surface area (Å²) in [6.07, 6.45) is 0. The molecule has 0 saturated heterocycles. The molecule has 1 aromatic rings. The van der Waals surface area contributed by atoms with Crippen LogP contribution in [0.5, 0.6) is 5.75 Å². The summed E-state index contributed by atoms with van der Waals surface area (Å²) in [5.41, 5.74) is 1.25. The fraction of sp³-hybridized carbons (Fsp3) is 0.375. The number of nitrogens with zero attached hydrogens (tertiary/aromatic N) is 1. The molecule has 1 heterocycles. The molecule has 0 bridgehead atoms. The average molecular weight is 232 g/mol. The molecule has 0 aliphatic carbocycles. The zero-order valence-electron chi connectivity index (χ0n) is 7.22. The van der Waals surface area contributed by atoms with Gasteiger partial charge in [0.25, 0.3) is 0 Å². The minimum atomic E-state index is 0.617. The Hall–Kier alpha value is -0.770. The van der Waals surface area contributed by atoms with Crippen LogP contribution in [-0.2, 0) is 0 Å². The lowest BCUT2D eigenvalue weighted by Crippen LogP contribution is -2.34. The highest BCUT2D eigenvalue weighted by Crippen LogP contribution is 2.26. The van der Waals surface area contributed by atoms with E-state index in [1.807, 2.05) is 0 Å². The number of aromatic nitrogens is 1. The summed E-state index contributed by atoms with van der Waals surface area (Å²) in [6.45, 7) is 3.49. The highest BCUT2D eigenvalue weighted by molar-refractivity contribution is 9.10. The zero-order valence-corrected chi connectivity index (χ0v) is 8.81. The Balaban J connectivity index is 3.39. The highest BCUT2D eigenvalue weighted by atomic mass is 79.9. The molecule has 0 aromatic carbocycles. The van der Waals surface area contributed by atoms with Crippen molar-refractivity contribution in [3.05, 3.63) is 27.1 Å². The zero-order chi connectivity index (χ0) is 9.30. The van der Waals surface area contributed by atoms with E-state index in [1.165, 1.54) is 0 Å². The van der Waals surface area contributed by atoms with Crippen molar-refractivity contribution in [1.82, 2.24) is 0 Å². The Morgan fingerprint density at radius 1 is 1.50 bits per heavy atom. The van der Waals surface area contributed by atoms with Gasteiger partial charge in [0, 0.05) is 19.9 Å². The van der Waals surface area contributed by atoms with Crippen molar-refractivity contribution in [2.45, 2.75) is 13.8 Å².